The molecular weight excluding hydrogens is 266 g/mol. The summed E-state index contributed by atoms with van der Waals surface area (Å²) in [5.41, 5.74) is 0. The van der Waals surface area contributed by atoms with Crippen LogP contribution in [0.2, 0.25) is 0 Å². The lowest BCUT2D eigenvalue weighted by atomic mass is 9.97. The van der Waals surface area contributed by atoms with Gasteiger partial charge in [-0.25, -0.2) is 0 Å². The van der Waals surface area contributed by atoms with E-state index in [9.17, 15) is 10.1 Å². The predicted molar refractivity (Wildman–Crippen MR) is 80.6 cm³/mol. The van der Waals surface area contributed by atoms with E-state index in [1.807, 2.05) is 4.90 Å². The lowest BCUT2D eigenvalue weighted by Crippen LogP contribution is -2.53. The highest BCUT2D eigenvalue weighted by Gasteiger charge is 2.36. The molecule has 118 valence electrons. The number of ether oxygens (including phenoxy) is 1. The minimum Gasteiger partial charge on any atom is -0.377 e. The summed E-state index contributed by atoms with van der Waals surface area (Å²) in [5, 5.41) is 9.23. The van der Waals surface area contributed by atoms with E-state index >= 15 is 0 Å². The molecule has 2 aliphatic rings. The van der Waals surface area contributed by atoms with Crippen LogP contribution in [0.1, 0.15) is 39.5 Å². The van der Waals surface area contributed by atoms with Crippen molar-refractivity contribution in [2.24, 2.45) is 5.92 Å². The van der Waals surface area contributed by atoms with Crippen molar-refractivity contribution in [1.82, 2.24) is 9.80 Å². The molecule has 5 nitrogen and oxygen atoms in total. The highest BCUT2D eigenvalue weighted by molar-refractivity contribution is 5.79. The minimum absolute atomic E-state index is 0.00505. The molecule has 0 aliphatic carbocycles. The van der Waals surface area contributed by atoms with Gasteiger partial charge in [-0.1, -0.05) is 20.3 Å². The Morgan fingerprint density at radius 1 is 1.33 bits per heavy atom. The number of nitriles is 1. The number of hydrogen-bond donors (Lipinski definition) is 0. The largest absolute Gasteiger partial charge is 0.377 e. The molecule has 3 unspecified atom stereocenters. The van der Waals surface area contributed by atoms with Crippen LogP contribution in [0.25, 0.3) is 0 Å². The van der Waals surface area contributed by atoms with Crippen molar-refractivity contribution in [3.63, 3.8) is 0 Å². The number of hydrogen-bond acceptors (Lipinski definition) is 4. The van der Waals surface area contributed by atoms with Crippen LogP contribution in [0.15, 0.2) is 0 Å². The molecule has 2 heterocycles. The Morgan fingerprint density at radius 3 is 2.62 bits per heavy atom. The molecule has 2 fully saturated rings. The van der Waals surface area contributed by atoms with E-state index in [-0.39, 0.29) is 24.0 Å². The van der Waals surface area contributed by atoms with Gasteiger partial charge in [-0.15, -0.1) is 0 Å². The van der Waals surface area contributed by atoms with Crippen molar-refractivity contribution in [1.29, 1.82) is 5.26 Å². The van der Waals surface area contributed by atoms with Crippen LogP contribution in [-0.2, 0) is 9.53 Å². The summed E-state index contributed by atoms with van der Waals surface area (Å²) < 4.78 is 5.63. The maximum atomic E-state index is 12.6. The normalized spacial score (nSPS) is 28.3. The van der Waals surface area contributed by atoms with Crippen molar-refractivity contribution in [3.05, 3.63) is 0 Å². The Labute approximate surface area is 127 Å². The fraction of sp³-hybridized carbons (Fsp3) is 0.875. The van der Waals surface area contributed by atoms with E-state index in [0.29, 0.717) is 6.61 Å². The van der Waals surface area contributed by atoms with Crippen molar-refractivity contribution in [2.75, 3.05) is 32.8 Å². The second-order valence-corrected chi connectivity index (χ2v) is 6.01. The van der Waals surface area contributed by atoms with Gasteiger partial charge < -0.3 is 9.64 Å². The molecule has 0 saturated carbocycles. The van der Waals surface area contributed by atoms with Crippen LogP contribution in [0, 0.1) is 17.2 Å². The lowest BCUT2D eigenvalue weighted by molar-refractivity contribution is -0.139. The number of amides is 1. The maximum Gasteiger partial charge on any atom is 0.228 e. The molecular formula is C16H27N3O2. The van der Waals surface area contributed by atoms with Gasteiger partial charge in [-0.3, -0.25) is 9.69 Å². The standard InChI is InChI=1S/C16H27N3O2/c1-3-5-13(12-17)18-7-9-19(10-8-18)16(20)14-6-11-21-15(14)4-2/h13-15H,3-11H2,1-2H3. The number of carbonyl (C=O) groups is 1. The fourth-order valence-corrected chi connectivity index (χ4v) is 3.42. The van der Waals surface area contributed by atoms with Crippen molar-refractivity contribution in [2.45, 2.75) is 51.7 Å². The van der Waals surface area contributed by atoms with Crippen LogP contribution in [0.3, 0.4) is 0 Å². The Morgan fingerprint density at radius 2 is 2.05 bits per heavy atom. The summed E-state index contributed by atoms with van der Waals surface area (Å²) in [5.74, 6) is 0.298. The van der Waals surface area contributed by atoms with Gasteiger partial charge in [0.15, 0.2) is 0 Å². The van der Waals surface area contributed by atoms with Crippen LogP contribution in [0.4, 0.5) is 0 Å². The maximum absolute atomic E-state index is 12.6. The van der Waals surface area contributed by atoms with E-state index in [0.717, 1.165) is 51.9 Å². The molecule has 0 N–H and O–H groups in total. The summed E-state index contributed by atoms with van der Waals surface area (Å²) in [7, 11) is 0. The molecule has 2 rings (SSSR count). The molecule has 0 bridgehead atoms. The third kappa shape index (κ3) is 3.75. The summed E-state index contributed by atoms with van der Waals surface area (Å²) in [6, 6.07) is 2.40. The molecule has 0 radical (unpaired) electrons. The van der Waals surface area contributed by atoms with Gasteiger partial charge in [0.05, 0.1) is 24.1 Å². The molecule has 0 aromatic heterocycles. The first-order valence-electron chi connectivity index (χ1n) is 8.25. The summed E-state index contributed by atoms with van der Waals surface area (Å²) >= 11 is 0. The van der Waals surface area contributed by atoms with Gasteiger partial charge >= 0.3 is 0 Å². The average Bonchev–Trinajstić information content (AvgIpc) is 3.00. The van der Waals surface area contributed by atoms with E-state index in [1.54, 1.807) is 0 Å². The zero-order chi connectivity index (χ0) is 15.2. The summed E-state index contributed by atoms with van der Waals surface area (Å²) in [4.78, 5) is 16.8. The number of nitrogens with zero attached hydrogens (tertiary/aromatic N) is 3. The molecule has 0 spiro atoms. The molecule has 0 aromatic rings. The van der Waals surface area contributed by atoms with Gasteiger partial charge in [-0.2, -0.15) is 5.26 Å². The molecule has 2 aliphatic heterocycles. The minimum atomic E-state index is 0.00505. The van der Waals surface area contributed by atoms with E-state index in [1.165, 1.54) is 0 Å². The third-order valence-electron chi connectivity index (χ3n) is 4.71. The highest BCUT2D eigenvalue weighted by Crippen LogP contribution is 2.26. The van der Waals surface area contributed by atoms with Crippen LogP contribution in [0.5, 0.6) is 0 Å². The van der Waals surface area contributed by atoms with Gasteiger partial charge in [0.2, 0.25) is 5.91 Å². The Kier molecular flexibility index (Phi) is 6.01. The molecule has 1 amide bonds. The van der Waals surface area contributed by atoms with E-state index in [4.69, 9.17) is 4.74 Å². The van der Waals surface area contributed by atoms with Gasteiger partial charge in [0.25, 0.3) is 0 Å². The van der Waals surface area contributed by atoms with Crippen molar-refractivity contribution < 1.29 is 9.53 Å². The molecule has 5 heteroatoms. The third-order valence-corrected chi connectivity index (χ3v) is 4.71. The first kappa shape index (κ1) is 16.3. The van der Waals surface area contributed by atoms with Crippen molar-refractivity contribution in [3.8, 4) is 6.07 Å². The highest BCUT2D eigenvalue weighted by atomic mass is 16.5. The van der Waals surface area contributed by atoms with Crippen LogP contribution < -0.4 is 0 Å². The van der Waals surface area contributed by atoms with Crippen molar-refractivity contribution >= 4 is 5.91 Å². The topological polar surface area (TPSA) is 56.6 Å². The predicted octanol–water partition coefficient (Wildman–Crippen LogP) is 1.64. The monoisotopic (exact) mass is 293 g/mol. The second kappa shape index (κ2) is 7.77. The van der Waals surface area contributed by atoms with E-state index in [2.05, 4.69) is 24.8 Å². The molecule has 3 atom stereocenters. The average molecular weight is 293 g/mol. The van der Waals surface area contributed by atoms with E-state index < -0.39 is 0 Å². The zero-order valence-corrected chi connectivity index (χ0v) is 13.3. The fourth-order valence-electron chi connectivity index (χ4n) is 3.42. The summed E-state index contributed by atoms with van der Waals surface area (Å²) in [6.07, 6.45) is 3.80. The lowest BCUT2D eigenvalue weighted by Gasteiger charge is -2.38. The Hall–Kier alpha value is -1.12. The second-order valence-electron chi connectivity index (χ2n) is 6.01. The number of rotatable bonds is 5. The summed E-state index contributed by atoms with van der Waals surface area (Å²) in [6.45, 7) is 8.01. The van der Waals surface area contributed by atoms with Crippen LogP contribution in [-0.4, -0.2) is 60.6 Å². The first-order chi connectivity index (χ1) is 10.2. The number of carbonyl (C=O) groups excluding carboxylic acids is 1. The zero-order valence-electron chi connectivity index (χ0n) is 13.3. The number of piperazine rings is 1. The van der Waals surface area contributed by atoms with Gasteiger partial charge in [0, 0.05) is 32.8 Å². The first-order valence-corrected chi connectivity index (χ1v) is 8.25. The van der Waals surface area contributed by atoms with Gasteiger partial charge in [-0.05, 0) is 19.3 Å². The van der Waals surface area contributed by atoms with Crippen LogP contribution >= 0.6 is 0 Å². The SMILES string of the molecule is CCCC(C#N)N1CCN(C(=O)C2CCOC2CC)CC1. The van der Waals surface area contributed by atoms with Gasteiger partial charge in [0.1, 0.15) is 0 Å². The quantitative estimate of drug-likeness (QED) is 0.773. The molecule has 0 aromatic carbocycles. The molecule has 2 saturated heterocycles. The Bertz CT molecular complexity index is 385. The molecule has 21 heavy (non-hydrogen) atoms. The smallest absolute Gasteiger partial charge is 0.228 e. The Balaban J connectivity index is 1.86.